The standard InChI is InChI=1S/C33H26Cl2N2O4/c1-2-41-27-18-11-22(12-19-27)21-29(37-32(39)25-7-4-3-5-8-25)33(40)36-26-16-13-23(14-17-26)30(38)20-15-24-9-6-10-28(34)31(24)35/h3-21H,2H2,1H3,(H,36,40)(H,37,39)/b20-15+,29-21-. The average molecular weight is 585 g/mol. The van der Waals surface area contributed by atoms with Crippen LogP contribution in [0, 0.1) is 0 Å². The van der Waals surface area contributed by atoms with Gasteiger partial charge in [0.1, 0.15) is 11.4 Å². The Morgan fingerprint density at radius 1 is 0.805 bits per heavy atom. The molecule has 6 nitrogen and oxygen atoms in total. The second kappa shape index (κ2) is 14.1. The van der Waals surface area contributed by atoms with Crippen molar-refractivity contribution in [2.75, 3.05) is 11.9 Å². The van der Waals surface area contributed by atoms with Gasteiger partial charge in [-0.1, -0.05) is 65.7 Å². The monoisotopic (exact) mass is 584 g/mol. The number of halogens is 2. The number of benzene rings is 4. The minimum atomic E-state index is -0.530. The van der Waals surface area contributed by atoms with E-state index in [4.69, 9.17) is 27.9 Å². The Kier molecular flexibility index (Phi) is 10.1. The number of amides is 2. The summed E-state index contributed by atoms with van der Waals surface area (Å²) in [6.45, 7) is 2.43. The zero-order chi connectivity index (χ0) is 29.2. The lowest BCUT2D eigenvalue weighted by Gasteiger charge is -2.12. The number of hydrogen-bond donors (Lipinski definition) is 2. The highest BCUT2D eigenvalue weighted by molar-refractivity contribution is 6.43. The van der Waals surface area contributed by atoms with Crippen LogP contribution in [-0.2, 0) is 4.79 Å². The molecule has 4 rings (SSSR count). The fourth-order valence-corrected chi connectivity index (χ4v) is 4.13. The van der Waals surface area contributed by atoms with E-state index >= 15 is 0 Å². The summed E-state index contributed by atoms with van der Waals surface area (Å²) < 4.78 is 5.48. The number of allylic oxidation sites excluding steroid dienone is 1. The normalized spacial score (nSPS) is 11.2. The second-order valence-corrected chi connectivity index (χ2v) is 9.54. The first-order chi connectivity index (χ1) is 19.8. The van der Waals surface area contributed by atoms with Gasteiger partial charge in [0.2, 0.25) is 0 Å². The quantitative estimate of drug-likeness (QED) is 0.148. The minimum absolute atomic E-state index is 0.0458. The molecule has 0 atom stereocenters. The summed E-state index contributed by atoms with van der Waals surface area (Å²) in [5.74, 6) is -0.502. The molecule has 2 N–H and O–H groups in total. The second-order valence-electron chi connectivity index (χ2n) is 8.75. The molecule has 0 aromatic heterocycles. The number of hydrogen-bond acceptors (Lipinski definition) is 4. The van der Waals surface area contributed by atoms with E-state index in [0.717, 1.165) is 0 Å². The van der Waals surface area contributed by atoms with E-state index < -0.39 is 11.8 Å². The summed E-state index contributed by atoms with van der Waals surface area (Å²) in [4.78, 5) is 38.8. The average Bonchev–Trinajstić information content (AvgIpc) is 2.99. The number of anilines is 1. The van der Waals surface area contributed by atoms with Gasteiger partial charge in [0.05, 0.1) is 16.7 Å². The molecule has 4 aromatic rings. The number of rotatable bonds is 10. The predicted octanol–water partition coefficient (Wildman–Crippen LogP) is 7.70. The van der Waals surface area contributed by atoms with Crippen LogP contribution in [0.2, 0.25) is 10.0 Å². The molecule has 0 saturated heterocycles. The van der Waals surface area contributed by atoms with Crippen LogP contribution in [0.1, 0.15) is 38.8 Å². The Morgan fingerprint density at radius 3 is 2.20 bits per heavy atom. The van der Waals surface area contributed by atoms with Gasteiger partial charge in [0.25, 0.3) is 11.8 Å². The number of carbonyl (C=O) groups is 3. The Hall–Kier alpha value is -4.65. The maximum Gasteiger partial charge on any atom is 0.272 e. The molecule has 4 aromatic carbocycles. The van der Waals surface area contributed by atoms with Crippen LogP contribution in [-0.4, -0.2) is 24.2 Å². The van der Waals surface area contributed by atoms with E-state index in [-0.39, 0.29) is 11.5 Å². The molecular formula is C33H26Cl2N2O4. The van der Waals surface area contributed by atoms with Gasteiger partial charge in [-0.2, -0.15) is 0 Å². The first-order valence-corrected chi connectivity index (χ1v) is 13.5. The van der Waals surface area contributed by atoms with Gasteiger partial charge in [0, 0.05) is 16.8 Å². The van der Waals surface area contributed by atoms with Crippen LogP contribution in [0.3, 0.4) is 0 Å². The summed E-state index contributed by atoms with van der Waals surface area (Å²) in [5, 5.41) is 6.25. The van der Waals surface area contributed by atoms with Crippen LogP contribution in [0.5, 0.6) is 5.75 Å². The van der Waals surface area contributed by atoms with Crippen LogP contribution < -0.4 is 15.4 Å². The van der Waals surface area contributed by atoms with Crippen molar-refractivity contribution in [2.45, 2.75) is 6.92 Å². The number of nitrogens with one attached hydrogen (secondary N) is 2. The van der Waals surface area contributed by atoms with Gasteiger partial charge in [0.15, 0.2) is 5.78 Å². The van der Waals surface area contributed by atoms with Crippen molar-refractivity contribution >= 4 is 58.6 Å². The molecule has 0 bridgehead atoms. The summed E-state index contributed by atoms with van der Waals surface area (Å²) in [6, 6.07) is 27.3. The Labute approximate surface area is 248 Å². The molecule has 0 saturated carbocycles. The van der Waals surface area contributed by atoms with Crippen molar-refractivity contribution in [1.82, 2.24) is 5.32 Å². The summed E-state index contributed by atoms with van der Waals surface area (Å²) in [5.41, 5.74) is 2.64. The van der Waals surface area contributed by atoms with Crippen LogP contribution in [0.4, 0.5) is 5.69 Å². The third kappa shape index (κ3) is 8.18. The van der Waals surface area contributed by atoms with Crippen molar-refractivity contribution in [1.29, 1.82) is 0 Å². The SMILES string of the molecule is CCOc1ccc(/C=C(\NC(=O)c2ccccc2)C(=O)Nc2ccc(C(=O)/C=C/c3cccc(Cl)c3Cl)cc2)cc1. The lowest BCUT2D eigenvalue weighted by molar-refractivity contribution is -0.113. The highest BCUT2D eigenvalue weighted by Crippen LogP contribution is 2.26. The third-order valence-electron chi connectivity index (χ3n) is 5.85. The molecule has 41 heavy (non-hydrogen) atoms. The summed E-state index contributed by atoms with van der Waals surface area (Å²) in [6.07, 6.45) is 4.58. The van der Waals surface area contributed by atoms with E-state index in [1.54, 1.807) is 109 Å². The van der Waals surface area contributed by atoms with Gasteiger partial charge < -0.3 is 15.4 Å². The van der Waals surface area contributed by atoms with Gasteiger partial charge in [-0.3, -0.25) is 14.4 Å². The Bertz CT molecular complexity index is 1600. The van der Waals surface area contributed by atoms with E-state index in [9.17, 15) is 14.4 Å². The lowest BCUT2D eigenvalue weighted by atomic mass is 10.1. The molecule has 0 spiro atoms. The number of ether oxygens (including phenoxy) is 1. The van der Waals surface area contributed by atoms with Gasteiger partial charge in [-0.05, 0) is 90.9 Å². The fourth-order valence-electron chi connectivity index (χ4n) is 3.76. The van der Waals surface area contributed by atoms with Crippen molar-refractivity contribution in [3.8, 4) is 5.75 Å². The first-order valence-electron chi connectivity index (χ1n) is 12.7. The van der Waals surface area contributed by atoms with E-state index in [0.29, 0.717) is 50.3 Å². The van der Waals surface area contributed by atoms with E-state index in [1.807, 2.05) is 6.92 Å². The smallest absolute Gasteiger partial charge is 0.272 e. The molecule has 0 radical (unpaired) electrons. The highest BCUT2D eigenvalue weighted by atomic mass is 35.5. The van der Waals surface area contributed by atoms with Crippen molar-refractivity contribution in [3.63, 3.8) is 0 Å². The topological polar surface area (TPSA) is 84.5 Å². The molecular weight excluding hydrogens is 559 g/mol. The molecule has 0 fully saturated rings. The van der Waals surface area contributed by atoms with Crippen molar-refractivity contribution in [3.05, 3.63) is 141 Å². The maximum absolute atomic E-state index is 13.3. The summed E-state index contributed by atoms with van der Waals surface area (Å²) in [7, 11) is 0. The molecule has 0 aliphatic heterocycles. The maximum atomic E-state index is 13.3. The number of ketones is 1. The third-order valence-corrected chi connectivity index (χ3v) is 6.69. The largest absolute Gasteiger partial charge is 0.494 e. The summed E-state index contributed by atoms with van der Waals surface area (Å²) >= 11 is 12.2. The van der Waals surface area contributed by atoms with Crippen molar-refractivity contribution < 1.29 is 19.1 Å². The molecule has 206 valence electrons. The molecule has 2 amide bonds. The van der Waals surface area contributed by atoms with Crippen LogP contribution in [0.25, 0.3) is 12.2 Å². The molecule has 0 unspecified atom stereocenters. The Morgan fingerprint density at radius 2 is 1.51 bits per heavy atom. The minimum Gasteiger partial charge on any atom is -0.494 e. The molecule has 8 heteroatoms. The zero-order valence-corrected chi connectivity index (χ0v) is 23.6. The highest BCUT2D eigenvalue weighted by Gasteiger charge is 2.15. The first kappa shape index (κ1) is 29.3. The van der Waals surface area contributed by atoms with Gasteiger partial charge in [-0.25, -0.2) is 0 Å². The van der Waals surface area contributed by atoms with Crippen molar-refractivity contribution in [2.24, 2.45) is 0 Å². The van der Waals surface area contributed by atoms with Crippen LogP contribution >= 0.6 is 23.2 Å². The van der Waals surface area contributed by atoms with Gasteiger partial charge in [-0.15, -0.1) is 0 Å². The zero-order valence-electron chi connectivity index (χ0n) is 22.1. The molecule has 0 aliphatic rings. The molecule has 0 aliphatic carbocycles. The van der Waals surface area contributed by atoms with E-state index in [2.05, 4.69) is 10.6 Å². The fraction of sp³-hybridized carbons (Fsp3) is 0.0606. The lowest BCUT2D eigenvalue weighted by Crippen LogP contribution is -2.30. The predicted molar refractivity (Wildman–Crippen MR) is 164 cm³/mol. The number of carbonyl (C=O) groups excluding carboxylic acids is 3. The molecule has 0 heterocycles. The van der Waals surface area contributed by atoms with Gasteiger partial charge >= 0.3 is 0 Å². The van der Waals surface area contributed by atoms with E-state index in [1.165, 1.54) is 6.08 Å². The Balaban J connectivity index is 1.50. The van der Waals surface area contributed by atoms with Crippen LogP contribution in [0.15, 0.2) is 109 Å².